The van der Waals surface area contributed by atoms with Gasteiger partial charge in [-0.2, -0.15) is 4.98 Å². The molecule has 3 heterocycles. The molecule has 2 aromatic heterocycles. The first kappa shape index (κ1) is 14.2. The van der Waals surface area contributed by atoms with Crippen molar-refractivity contribution in [2.45, 2.75) is 26.8 Å². The minimum Gasteiger partial charge on any atom is -0.334 e. The van der Waals surface area contributed by atoms with Crippen molar-refractivity contribution in [1.82, 2.24) is 25.3 Å². The van der Waals surface area contributed by atoms with Crippen LogP contribution in [0.1, 0.15) is 30.2 Å². The first-order valence-corrected chi connectivity index (χ1v) is 7.38. The summed E-state index contributed by atoms with van der Waals surface area (Å²) in [5, 5.41) is 7.51. The third-order valence-corrected chi connectivity index (χ3v) is 3.97. The Morgan fingerprint density at radius 3 is 2.67 bits per heavy atom. The van der Waals surface area contributed by atoms with Crippen LogP contribution in [-0.4, -0.2) is 46.2 Å². The van der Waals surface area contributed by atoms with Crippen molar-refractivity contribution in [3.63, 3.8) is 0 Å². The van der Waals surface area contributed by atoms with Gasteiger partial charge in [-0.15, -0.1) is 0 Å². The normalized spacial score (nSPS) is 17.9. The Kier molecular flexibility index (Phi) is 3.98. The maximum atomic E-state index is 5.44. The van der Waals surface area contributed by atoms with Crippen molar-refractivity contribution >= 4 is 0 Å². The molecule has 6 heteroatoms. The van der Waals surface area contributed by atoms with Crippen LogP contribution >= 0.6 is 0 Å². The molecule has 0 bridgehead atoms. The number of aryl methyl sites for hydroxylation is 2. The van der Waals surface area contributed by atoms with Crippen LogP contribution in [0.2, 0.25) is 0 Å². The number of hydrogen-bond acceptors (Lipinski definition) is 6. The molecule has 0 saturated carbocycles. The lowest BCUT2D eigenvalue weighted by Crippen LogP contribution is -2.44. The van der Waals surface area contributed by atoms with E-state index >= 15 is 0 Å². The van der Waals surface area contributed by atoms with Gasteiger partial charge in [0.25, 0.3) is 5.89 Å². The Bertz CT molecular complexity index is 618. The molecule has 0 aromatic carbocycles. The van der Waals surface area contributed by atoms with E-state index in [2.05, 4.69) is 32.3 Å². The van der Waals surface area contributed by atoms with Crippen LogP contribution in [0.3, 0.4) is 0 Å². The number of nitrogens with one attached hydrogen (secondary N) is 1. The van der Waals surface area contributed by atoms with Gasteiger partial charge in [-0.25, -0.2) is 0 Å². The van der Waals surface area contributed by atoms with Crippen molar-refractivity contribution < 1.29 is 4.52 Å². The first-order valence-electron chi connectivity index (χ1n) is 7.38. The molecule has 21 heavy (non-hydrogen) atoms. The summed E-state index contributed by atoms with van der Waals surface area (Å²) in [5.41, 5.74) is 2.82. The van der Waals surface area contributed by atoms with Crippen LogP contribution < -0.4 is 5.32 Å². The van der Waals surface area contributed by atoms with Gasteiger partial charge in [0.1, 0.15) is 0 Å². The molecule has 0 spiro atoms. The maximum absolute atomic E-state index is 5.44. The van der Waals surface area contributed by atoms with Gasteiger partial charge in [-0.05, 0) is 32.9 Å². The molecule has 112 valence electrons. The Morgan fingerprint density at radius 1 is 1.19 bits per heavy atom. The van der Waals surface area contributed by atoms with Crippen LogP contribution in [0.25, 0.3) is 11.5 Å². The van der Waals surface area contributed by atoms with Gasteiger partial charge in [0, 0.05) is 31.9 Å². The third-order valence-electron chi connectivity index (χ3n) is 3.97. The predicted molar refractivity (Wildman–Crippen MR) is 79.9 cm³/mol. The quantitative estimate of drug-likeness (QED) is 0.927. The van der Waals surface area contributed by atoms with Gasteiger partial charge in [-0.1, -0.05) is 5.16 Å². The number of hydrogen-bond donors (Lipinski definition) is 1. The number of nitrogens with zero attached hydrogens (tertiary/aromatic N) is 4. The summed E-state index contributed by atoms with van der Waals surface area (Å²) in [5.74, 6) is 1.30. The van der Waals surface area contributed by atoms with Crippen molar-refractivity contribution in [3.05, 3.63) is 29.3 Å². The summed E-state index contributed by atoms with van der Waals surface area (Å²) in [6.07, 6.45) is 0. The van der Waals surface area contributed by atoms with Crippen molar-refractivity contribution in [2.24, 2.45) is 0 Å². The number of aromatic nitrogens is 3. The van der Waals surface area contributed by atoms with Gasteiger partial charge in [0.2, 0.25) is 0 Å². The number of rotatable bonds is 3. The smallest absolute Gasteiger partial charge is 0.259 e. The van der Waals surface area contributed by atoms with Crippen molar-refractivity contribution in [2.75, 3.05) is 26.2 Å². The van der Waals surface area contributed by atoms with E-state index in [0.29, 0.717) is 5.89 Å². The number of piperazine rings is 1. The Balaban J connectivity index is 1.82. The molecule has 1 saturated heterocycles. The topological polar surface area (TPSA) is 67.1 Å². The molecule has 0 radical (unpaired) electrons. The molecule has 0 aliphatic carbocycles. The highest BCUT2D eigenvalue weighted by Crippen LogP contribution is 2.24. The van der Waals surface area contributed by atoms with Gasteiger partial charge >= 0.3 is 0 Å². The van der Waals surface area contributed by atoms with Gasteiger partial charge in [0.05, 0.1) is 17.3 Å². The Hall–Kier alpha value is -1.79. The van der Waals surface area contributed by atoms with E-state index < -0.39 is 0 Å². The number of pyridine rings is 1. The second kappa shape index (κ2) is 5.91. The summed E-state index contributed by atoms with van der Waals surface area (Å²) in [7, 11) is 0. The molecule has 1 fully saturated rings. The summed E-state index contributed by atoms with van der Waals surface area (Å²) in [6.45, 7) is 10.1. The molecular weight excluding hydrogens is 266 g/mol. The molecule has 0 amide bonds. The fraction of sp³-hybridized carbons (Fsp3) is 0.533. The lowest BCUT2D eigenvalue weighted by Gasteiger charge is -2.30. The fourth-order valence-corrected chi connectivity index (χ4v) is 2.66. The van der Waals surface area contributed by atoms with E-state index in [4.69, 9.17) is 4.52 Å². The van der Waals surface area contributed by atoms with Gasteiger partial charge < -0.3 is 9.84 Å². The van der Waals surface area contributed by atoms with E-state index in [-0.39, 0.29) is 6.04 Å². The van der Waals surface area contributed by atoms with Crippen LogP contribution in [0, 0.1) is 13.8 Å². The van der Waals surface area contributed by atoms with Gasteiger partial charge in [-0.3, -0.25) is 9.88 Å². The first-order chi connectivity index (χ1) is 10.1. The summed E-state index contributed by atoms with van der Waals surface area (Å²) < 4.78 is 5.44. The molecule has 1 unspecified atom stereocenters. The third kappa shape index (κ3) is 2.96. The van der Waals surface area contributed by atoms with Crippen LogP contribution in [-0.2, 0) is 0 Å². The zero-order valence-corrected chi connectivity index (χ0v) is 12.8. The molecule has 1 atom stereocenters. The molecule has 3 rings (SSSR count). The van der Waals surface area contributed by atoms with Crippen LogP contribution in [0.15, 0.2) is 16.7 Å². The minimum absolute atomic E-state index is 0.170. The highest BCUT2D eigenvalue weighted by Gasteiger charge is 2.23. The van der Waals surface area contributed by atoms with Crippen LogP contribution in [0.4, 0.5) is 0 Å². The Morgan fingerprint density at radius 2 is 1.95 bits per heavy atom. The minimum atomic E-state index is 0.170. The van der Waals surface area contributed by atoms with Crippen LogP contribution in [0.5, 0.6) is 0 Å². The molecule has 1 N–H and O–H groups in total. The zero-order chi connectivity index (χ0) is 14.8. The van der Waals surface area contributed by atoms with Crippen molar-refractivity contribution in [1.29, 1.82) is 0 Å². The summed E-state index contributed by atoms with van der Waals surface area (Å²) in [6, 6.07) is 4.12. The molecule has 6 nitrogen and oxygen atoms in total. The van der Waals surface area contributed by atoms with E-state index in [1.54, 1.807) is 0 Å². The van der Waals surface area contributed by atoms with E-state index in [1.165, 1.54) is 0 Å². The van der Waals surface area contributed by atoms with E-state index in [0.717, 1.165) is 49.0 Å². The highest BCUT2D eigenvalue weighted by molar-refractivity contribution is 5.55. The van der Waals surface area contributed by atoms with Crippen molar-refractivity contribution in [3.8, 4) is 11.5 Å². The predicted octanol–water partition coefficient (Wildman–Crippen LogP) is 1.71. The maximum Gasteiger partial charge on any atom is 0.259 e. The molecule has 1 aliphatic rings. The highest BCUT2D eigenvalue weighted by atomic mass is 16.5. The molecular formula is C15H21N5O. The average molecular weight is 287 g/mol. The standard InChI is InChI=1S/C15H21N5O/c1-10-4-5-13(11(2)17-10)15-18-14(19-21-15)12(3)20-8-6-16-7-9-20/h4-5,12,16H,6-9H2,1-3H3. The van der Waals surface area contributed by atoms with E-state index in [9.17, 15) is 0 Å². The molecule has 1 aliphatic heterocycles. The SMILES string of the molecule is Cc1ccc(-c2nc(C(C)N3CCNCC3)no2)c(C)n1. The largest absolute Gasteiger partial charge is 0.334 e. The zero-order valence-electron chi connectivity index (χ0n) is 12.8. The summed E-state index contributed by atoms with van der Waals surface area (Å²) in [4.78, 5) is 11.4. The van der Waals surface area contributed by atoms with E-state index in [1.807, 2.05) is 26.0 Å². The Labute approximate surface area is 124 Å². The van der Waals surface area contributed by atoms with Gasteiger partial charge in [0.15, 0.2) is 5.82 Å². The summed E-state index contributed by atoms with van der Waals surface area (Å²) >= 11 is 0. The molecule has 2 aromatic rings. The average Bonchev–Trinajstić information content (AvgIpc) is 2.97. The lowest BCUT2D eigenvalue weighted by atomic mass is 10.2. The monoisotopic (exact) mass is 287 g/mol. The fourth-order valence-electron chi connectivity index (χ4n) is 2.66. The second-order valence-corrected chi connectivity index (χ2v) is 5.51. The second-order valence-electron chi connectivity index (χ2n) is 5.51. The lowest BCUT2D eigenvalue weighted by molar-refractivity contribution is 0.176.